The molecule has 42 heavy (non-hydrogen) atoms. The second-order valence-corrected chi connectivity index (χ2v) is 11.6. The molecule has 6 heteroatoms. The van der Waals surface area contributed by atoms with E-state index in [1.165, 1.54) is 97.8 Å². The minimum absolute atomic E-state index is 0.0420. The molecule has 1 aliphatic carbocycles. The van der Waals surface area contributed by atoms with Crippen LogP contribution in [0, 0.1) is 0 Å². The van der Waals surface area contributed by atoms with Gasteiger partial charge in [-0.3, -0.25) is 4.79 Å². The Hall–Kier alpha value is -2.86. The van der Waals surface area contributed by atoms with Gasteiger partial charge in [-0.2, -0.15) is 0 Å². The molecule has 0 heterocycles. The summed E-state index contributed by atoms with van der Waals surface area (Å²) in [7, 11) is 1.71. The quantitative estimate of drug-likeness (QED) is 0.103. The normalized spacial score (nSPS) is 12.1. The first-order chi connectivity index (χ1) is 20.6. The summed E-state index contributed by atoms with van der Waals surface area (Å²) in [4.78, 5) is 26.1. The lowest BCUT2D eigenvalue weighted by Crippen LogP contribution is -2.32. The highest BCUT2D eigenvalue weighted by atomic mass is 16.6. The number of ether oxygens (including phenoxy) is 3. The van der Waals surface area contributed by atoms with Crippen LogP contribution in [0.2, 0.25) is 0 Å². The van der Waals surface area contributed by atoms with Crippen LogP contribution >= 0.6 is 0 Å². The number of hydrogen-bond donors (Lipinski definition) is 0. The molecule has 2 aromatic rings. The molecule has 0 unspecified atom stereocenters. The van der Waals surface area contributed by atoms with E-state index in [2.05, 4.69) is 31.2 Å². The van der Waals surface area contributed by atoms with Crippen molar-refractivity contribution in [1.29, 1.82) is 0 Å². The lowest BCUT2D eigenvalue weighted by atomic mass is 9.98. The third-order valence-corrected chi connectivity index (χ3v) is 8.19. The highest BCUT2D eigenvalue weighted by Crippen LogP contribution is 2.44. The van der Waals surface area contributed by atoms with Gasteiger partial charge in [0, 0.05) is 25.9 Å². The standard InChI is InChI=1S/C36H53NO5/c1-3-4-5-6-7-8-9-10-11-12-13-14-15-24-35(38)41-28-27-40-26-25-37(2)36(39)42-29-34-32-22-18-16-20-30(32)31-21-17-19-23-33(31)34/h16-23,34H,3-15,24-29H2,1-2H3. The second-order valence-electron chi connectivity index (χ2n) is 11.6. The SMILES string of the molecule is CCCCCCCCCCCCCCCC(=O)OCCOCCN(C)C(=O)OCC1c2ccccc2-c2ccccc21. The molecule has 0 aromatic heterocycles. The molecule has 3 rings (SSSR count). The Morgan fingerprint density at radius 2 is 1.19 bits per heavy atom. The molecule has 0 fully saturated rings. The topological polar surface area (TPSA) is 65.1 Å². The summed E-state index contributed by atoms with van der Waals surface area (Å²) < 4.78 is 16.5. The molecule has 6 nitrogen and oxygen atoms in total. The van der Waals surface area contributed by atoms with Crippen molar-refractivity contribution in [3.05, 3.63) is 59.7 Å². The van der Waals surface area contributed by atoms with Gasteiger partial charge in [-0.1, -0.05) is 133 Å². The molecule has 0 bridgehead atoms. The smallest absolute Gasteiger partial charge is 0.409 e. The maximum Gasteiger partial charge on any atom is 0.409 e. The van der Waals surface area contributed by atoms with Gasteiger partial charge in [0.15, 0.2) is 0 Å². The van der Waals surface area contributed by atoms with Gasteiger partial charge in [0.25, 0.3) is 0 Å². The minimum Gasteiger partial charge on any atom is -0.463 e. The van der Waals surface area contributed by atoms with E-state index in [-0.39, 0.29) is 24.6 Å². The third-order valence-electron chi connectivity index (χ3n) is 8.19. The number of rotatable bonds is 22. The summed E-state index contributed by atoms with van der Waals surface area (Å²) in [5, 5.41) is 0. The number of fused-ring (bicyclic) bond motifs is 3. The monoisotopic (exact) mass is 579 g/mol. The van der Waals surface area contributed by atoms with Crippen LogP contribution in [0.4, 0.5) is 4.79 Å². The maximum absolute atomic E-state index is 12.6. The van der Waals surface area contributed by atoms with Crippen LogP contribution in [0.15, 0.2) is 48.5 Å². The summed E-state index contributed by atoms with van der Waals surface area (Å²) in [6, 6.07) is 16.6. The predicted molar refractivity (Wildman–Crippen MR) is 170 cm³/mol. The molecule has 1 amide bonds. The van der Waals surface area contributed by atoms with Crippen molar-refractivity contribution >= 4 is 12.1 Å². The highest BCUT2D eigenvalue weighted by molar-refractivity contribution is 5.79. The zero-order chi connectivity index (χ0) is 29.8. The highest BCUT2D eigenvalue weighted by Gasteiger charge is 2.29. The zero-order valence-electron chi connectivity index (χ0n) is 26.1. The average molecular weight is 580 g/mol. The van der Waals surface area contributed by atoms with Gasteiger partial charge < -0.3 is 19.1 Å². The van der Waals surface area contributed by atoms with Crippen molar-refractivity contribution in [2.24, 2.45) is 0 Å². The summed E-state index contributed by atoms with van der Waals surface area (Å²) in [5.41, 5.74) is 4.81. The lowest BCUT2D eigenvalue weighted by molar-refractivity contribution is -0.145. The zero-order valence-corrected chi connectivity index (χ0v) is 26.1. The first kappa shape index (κ1) is 33.6. The van der Waals surface area contributed by atoms with Crippen LogP contribution < -0.4 is 0 Å². The predicted octanol–water partition coefficient (Wildman–Crippen LogP) is 8.91. The number of likely N-dealkylation sites (N-methyl/N-ethyl adjacent to an activating group) is 1. The largest absolute Gasteiger partial charge is 0.463 e. The summed E-state index contributed by atoms with van der Waals surface area (Å²) in [6.45, 7) is 3.89. The van der Waals surface area contributed by atoms with Gasteiger partial charge in [0.2, 0.25) is 0 Å². The van der Waals surface area contributed by atoms with Crippen LogP contribution in [0.3, 0.4) is 0 Å². The van der Waals surface area contributed by atoms with Gasteiger partial charge in [-0.05, 0) is 28.7 Å². The van der Waals surface area contributed by atoms with E-state index in [9.17, 15) is 9.59 Å². The molecule has 1 aliphatic rings. The fourth-order valence-electron chi connectivity index (χ4n) is 5.67. The average Bonchev–Trinajstić information content (AvgIpc) is 3.33. The van der Waals surface area contributed by atoms with E-state index in [1.54, 1.807) is 7.05 Å². The van der Waals surface area contributed by atoms with E-state index in [4.69, 9.17) is 14.2 Å². The lowest BCUT2D eigenvalue weighted by Gasteiger charge is -2.19. The molecule has 0 saturated heterocycles. The molecule has 2 aromatic carbocycles. The molecule has 232 valence electrons. The molecule has 0 N–H and O–H groups in total. The maximum atomic E-state index is 12.6. The van der Waals surface area contributed by atoms with Gasteiger partial charge in [0.05, 0.1) is 13.2 Å². The summed E-state index contributed by atoms with van der Waals surface area (Å²) in [5.74, 6) is -0.113. The van der Waals surface area contributed by atoms with Crippen molar-refractivity contribution in [1.82, 2.24) is 4.90 Å². The van der Waals surface area contributed by atoms with E-state index in [0.29, 0.717) is 32.8 Å². The molecule has 0 spiro atoms. The minimum atomic E-state index is -0.371. The van der Waals surface area contributed by atoms with E-state index in [1.807, 2.05) is 24.3 Å². The van der Waals surface area contributed by atoms with E-state index >= 15 is 0 Å². The molecule has 0 radical (unpaired) electrons. The number of hydrogen-bond acceptors (Lipinski definition) is 5. The second kappa shape index (κ2) is 20.1. The Balaban J connectivity index is 1.14. The molecule has 0 saturated carbocycles. The van der Waals surface area contributed by atoms with E-state index < -0.39 is 0 Å². The Labute approximate surface area is 254 Å². The van der Waals surface area contributed by atoms with Crippen LogP contribution in [0.5, 0.6) is 0 Å². The molecular weight excluding hydrogens is 526 g/mol. The fraction of sp³-hybridized carbons (Fsp3) is 0.611. The number of carbonyl (C=O) groups excluding carboxylic acids is 2. The molecule has 0 aliphatic heterocycles. The third kappa shape index (κ3) is 11.8. The first-order valence-corrected chi connectivity index (χ1v) is 16.4. The first-order valence-electron chi connectivity index (χ1n) is 16.4. The van der Waals surface area contributed by atoms with Crippen molar-refractivity contribution in [3.8, 4) is 11.1 Å². The Bertz CT molecular complexity index is 1010. The Morgan fingerprint density at radius 3 is 1.76 bits per heavy atom. The van der Waals surface area contributed by atoms with Crippen LogP contribution in [-0.4, -0.2) is 57.0 Å². The summed E-state index contributed by atoms with van der Waals surface area (Å²) in [6.07, 6.45) is 16.8. The number of carbonyl (C=O) groups is 2. The summed E-state index contributed by atoms with van der Waals surface area (Å²) >= 11 is 0. The number of unbranched alkanes of at least 4 members (excludes halogenated alkanes) is 12. The van der Waals surface area contributed by atoms with Gasteiger partial charge in [-0.25, -0.2) is 4.79 Å². The van der Waals surface area contributed by atoms with Gasteiger partial charge in [-0.15, -0.1) is 0 Å². The van der Waals surface area contributed by atoms with Crippen molar-refractivity contribution in [2.75, 3.05) is 40.0 Å². The Kier molecular flexibility index (Phi) is 16.1. The molecular formula is C36H53NO5. The number of nitrogens with zero attached hydrogens (tertiary/aromatic N) is 1. The fourth-order valence-corrected chi connectivity index (χ4v) is 5.67. The van der Waals surface area contributed by atoms with Crippen molar-refractivity contribution < 1.29 is 23.8 Å². The van der Waals surface area contributed by atoms with Gasteiger partial charge >= 0.3 is 12.1 Å². The van der Waals surface area contributed by atoms with Gasteiger partial charge in [0.1, 0.15) is 13.2 Å². The Morgan fingerprint density at radius 1 is 0.667 bits per heavy atom. The van der Waals surface area contributed by atoms with E-state index in [0.717, 1.165) is 12.8 Å². The van der Waals surface area contributed by atoms with Crippen LogP contribution in [0.1, 0.15) is 114 Å². The number of benzene rings is 2. The number of amides is 1. The van der Waals surface area contributed by atoms with Crippen LogP contribution in [-0.2, 0) is 19.0 Å². The number of esters is 1. The van der Waals surface area contributed by atoms with Crippen LogP contribution in [0.25, 0.3) is 11.1 Å². The van der Waals surface area contributed by atoms with Crippen molar-refractivity contribution in [2.45, 2.75) is 103 Å². The van der Waals surface area contributed by atoms with Crippen molar-refractivity contribution in [3.63, 3.8) is 0 Å². The molecule has 0 atom stereocenters.